The highest BCUT2D eigenvalue weighted by Crippen LogP contribution is 2.18. The van der Waals surface area contributed by atoms with Gasteiger partial charge in [0, 0.05) is 24.1 Å². The number of imide groups is 1. The average Bonchev–Trinajstić information content (AvgIpc) is 2.75. The topological polar surface area (TPSA) is 120 Å². The number of pyridine rings is 1. The molecular weight excluding hydrogens is 441 g/mol. The standard InChI is InChI=1S/C20H26N4O2.C2HF3O2/c1-5-16-11-21-10-9-17(16)15(4)22-12-19(25)24-20(26)23-18-8-6-7-13(2)14(18)3;3-2(4,5)1(6)7/h6-11,15,22H,5,12H2,1-4H3,(H2,23,24,25,26);(H,6,7). The molecule has 2 rings (SSSR count). The van der Waals surface area contributed by atoms with Crippen molar-refractivity contribution in [2.45, 2.75) is 46.3 Å². The van der Waals surface area contributed by atoms with Crippen molar-refractivity contribution in [1.82, 2.24) is 15.6 Å². The summed E-state index contributed by atoms with van der Waals surface area (Å²) in [6, 6.07) is 7.04. The van der Waals surface area contributed by atoms with Crippen molar-refractivity contribution in [3.63, 3.8) is 0 Å². The van der Waals surface area contributed by atoms with E-state index < -0.39 is 18.2 Å². The zero-order valence-electron chi connectivity index (χ0n) is 18.7. The number of nitrogens with zero attached hydrogens (tertiary/aromatic N) is 1. The maximum absolute atomic E-state index is 12.0. The Kier molecular flexibility index (Phi) is 10.5. The van der Waals surface area contributed by atoms with Crippen LogP contribution in [0.25, 0.3) is 0 Å². The molecule has 1 aromatic heterocycles. The van der Waals surface area contributed by atoms with Gasteiger partial charge in [0.25, 0.3) is 0 Å². The summed E-state index contributed by atoms with van der Waals surface area (Å²) in [5, 5.41) is 15.3. The molecule has 2 aromatic rings. The number of benzene rings is 1. The Bertz CT molecular complexity index is 980. The molecule has 180 valence electrons. The van der Waals surface area contributed by atoms with Crippen LogP contribution in [-0.4, -0.2) is 40.7 Å². The maximum atomic E-state index is 12.0. The molecule has 0 spiro atoms. The molecule has 0 saturated heterocycles. The van der Waals surface area contributed by atoms with Crippen molar-refractivity contribution >= 4 is 23.6 Å². The first-order valence-corrected chi connectivity index (χ1v) is 10.00. The van der Waals surface area contributed by atoms with Crippen molar-refractivity contribution in [2.75, 3.05) is 11.9 Å². The number of urea groups is 1. The Labute approximate surface area is 189 Å². The number of aryl methyl sites for hydroxylation is 2. The van der Waals surface area contributed by atoms with E-state index in [9.17, 15) is 22.8 Å². The predicted octanol–water partition coefficient (Wildman–Crippen LogP) is 3.89. The van der Waals surface area contributed by atoms with Crippen LogP contribution in [0, 0.1) is 13.8 Å². The van der Waals surface area contributed by atoms with Crippen LogP contribution >= 0.6 is 0 Å². The lowest BCUT2D eigenvalue weighted by molar-refractivity contribution is -0.192. The molecule has 0 fully saturated rings. The van der Waals surface area contributed by atoms with Crippen molar-refractivity contribution in [3.05, 3.63) is 58.9 Å². The Morgan fingerprint density at radius 1 is 1.15 bits per heavy atom. The number of rotatable bonds is 6. The lowest BCUT2D eigenvalue weighted by Gasteiger charge is -2.17. The number of nitrogens with one attached hydrogen (secondary N) is 3. The number of anilines is 1. The molecule has 0 radical (unpaired) electrons. The number of amides is 3. The van der Waals surface area contributed by atoms with Gasteiger partial charge >= 0.3 is 18.2 Å². The van der Waals surface area contributed by atoms with Gasteiger partial charge in [-0.25, -0.2) is 9.59 Å². The summed E-state index contributed by atoms with van der Waals surface area (Å²) >= 11 is 0. The number of hydrogen-bond acceptors (Lipinski definition) is 5. The number of halogens is 3. The van der Waals surface area contributed by atoms with Gasteiger partial charge in [-0.3, -0.25) is 15.1 Å². The summed E-state index contributed by atoms with van der Waals surface area (Å²) in [5.74, 6) is -3.14. The van der Waals surface area contributed by atoms with Gasteiger partial charge in [0.05, 0.1) is 6.54 Å². The number of carbonyl (C=O) groups is 3. The predicted molar refractivity (Wildman–Crippen MR) is 117 cm³/mol. The van der Waals surface area contributed by atoms with Gasteiger partial charge in [-0.1, -0.05) is 19.1 Å². The van der Waals surface area contributed by atoms with Crippen LogP contribution in [0.3, 0.4) is 0 Å². The fourth-order valence-electron chi connectivity index (χ4n) is 2.72. The van der Waals surface area contributed by atoms with E-state index in [1.807, 2.05) is 51.2 Å². The number of aromatic nitrogens is 1. The number of hydrogen-bond donors (Lipinski definition) is 4. The highest BCUT2D eigenvalue weighted by molar-refractivity contribution is 6.02. The number of aliphatic carboxylic acids is 1. The van der Waals surface area contributed by atoms with Crippen molar-refractivity contribution in [2.24, 2.45) is 0 Å². The van der Waals surface area contributed by atoms with Gasteiger partial charge in [0.1, 0.15) is 0 Å². The molecule has 33 heavy (non-hydrogen) atoms. The third-order valence-electron chi connectivity index (χ3n) is 4.71. The van der Waals surface area contributed by atoms with E-state index in [0.717, 1.165) is 28.7 Å². The molecule has 3 amide bonds. The minimum absolute atomic E-state index is 0.0132. The molecule has 1 atom stereocenters. The van der Waals surface area contributed by atoms with Gasteiger partial charge in [0.15, 0.2) is 0 Å². The molecule has 8 nitrogen and oxygen atoms in total. The van der Waals surface area contributed by atoms with E-state index in [1.165, 1.54) is 0 Å². The molecule has 1 unspecified atom stereocenters. The number of carboxylic acid groups (broad SMARTS) is 1. The second kappa shape index (κ2) is 12.5. The minimum Gasteiger partial charge on any atom is -0.475 e. The molecule has 0 saturated carbocycles. The summed E-state index contributed by atoms with van der Waals surface area (Å²) in [6.07, 6.45) is -0.630. The Morgan fingerprint density at radius 2 is 1.79 bits per heavy atom. The second-order valence-corrected chi connectivity index (χ2v) is 7.08. The van der Waals surface area contributed by atoms with E-state index in [1.54, 1.807) is 6.20 Å². The first-order valence-electron chi connectivity index (χ1n) is 10.00. The lowest BCUT2D eigenvalue weighted by Crippen LogP contribution is -2.40. The molecule has 1 aromatic carbocycles. The molecule has 0 aliphatic rings. The summed E-state index contributed by atoms with van der Waals surface area (Å²) in [5.41, 5.74) is 5.00. The fraction of sp³-hybridized carbons (Fsp3) is 0.364. The quantitative estimate of drug-likeness (QED) is 0.511. The number of carbonyl (C=O) groups excluding carboxylic acids is 2. The van der Waals surface area contributed by atoms with Gasteiger partial charge in [-0.05, 0) is 61.6 Å². The molecular formula is C22H27F3N4O4. The van der Waals surface area contributed by atoms with E-state index in [-0.39, 0.29) is 18.5 Å². The first-order chi connectivity index (χ1) is 15.4. The third-order valence-corrected chi connectivity index (χ3v) is 4.71. The summed E-state index contributed by atoms with van der Waals surface area (Å²) < 4.78 is 31.7. The Balaban J connectivity index is 0.000000675. The van der Waals surface area contributed by atoms with Gasteiger partial charge < -0.3 is 15.7 Å². The largest absolute Gasteiger partial charge is 0.490 e. The van der Waals surface area contributed by atoms with Gasteiger partial charge in [0.2, 0.25) is 5.91 Å². The molecule has 0 aliphatic carbocycles. The highest BCUT2D eigenvalue weighted by Gasteiger charge is 2.38. The van der Waals surface area contributed by atoms with Crippen LogP contribution in [0.4, 0.5) is 23.7 Å². The van der Waals surface area contributed by atoms with E-state index in [0.29, 0.717) is 5.69 Å². The second-order valence-electron chi connectivity index (χ2n) is 7.08. The smallest absolute Gasteiger partial charge is 0.475 e. The Hall–Kier alpha value is -3.47. The normalized spacial score (nSPS) is 11.6. The number of carboxylic acids is 1. The van der Waals surface area contributed by atoms with E-state index in [4.69, 9.17) is 9.90 Å². The fourth-order valence-corrected chi connectivity index (χ4v) is 2.72. The SMILES string of the molecule is CCc1cnccc1C(C)NCC(=O)NC(=O)Nc1cccc(C)c1C.O=C(O)C(F)(F)F. The molecule has 0 bridgehead atoms. The zero-order chi connectivity index (χ0) is 25.2. The minimum atomic E-state index is -5.08. The molecule has 0 aliphatic heterocycles. The van der Waals surface area contributed by atoms with Crippen LogP contribution in [0.5, 0.6) is 0 Å². The third kappa shape index (κ3) is 9.27. The van der Waals surface area contributed by atoms with Crippen molar-refractivity contribution in [1.29, 1.82) is 0 Å². The molecule has 1 heterocycles. The average molecular weight is 468 g/mol. The number of alkyl halides is 3. The van der Waals surface area contributed by atoms with E-state index in [2.05, 4.69) is 27.9 Å². The van der Waals surface area contributed by atoms with Gasteiger partial charge in [-0.2, -0.15) is 13.2 Å². The summed E-state index contributed by atoms with van der Waals surface area (Å²) in [7, 11) is 0. The van der Waals surface area contributed by atoms with E-state index >= 15 is 0 Å². The van der Waals surface area contributed by atoms with Crippen LogP contribution in [0.2, 0.25) is 0 Å². The lowest BCUT2D eigenvalue weighted by atomic mass is 10.0. The zero-order valence-corrected chi connectivity index (χ0v) is 18.7. The summed E-state index contributed by atoms with van der Waals surface area (Å²) in [6.45, 7) is 8.00. The summed E-state index contributed by atoms with van der Waals surface area (Å²) in [4.78, 5) is 37.1. The van der Waals surface area contributed by atoms with Crippen molar-refractivity contribution in [3.8, 4) is 0 Å². The first kappa shape index (κ1) is 27.6. The van der Waals surface area contributed by atoms with Crippen molar-refractivity contribution < 1.29 is 32.7 Å². The monoisotopic (exact) mass is 468 g/mol. The van der Waals surface area contributed by atoms with Gasteiger partial charge in [-0.15, -0.1) is 0 Å². The van der Waals surface area contributed by atoms with Crippen LogP contribution in [0.15, 0.2) is 36.7 Å². The molecule has 11 heteroatoms. The van der Waals surface area contributed by atoms with Crippen LogP contribution in [-0.2, 0) is 16.0 Å². The maximum Gasteiger partial charge on any atom is 0.490 e. The van der Waals surface area contributed by atoms with Crippen LogP contribution < -0.4 is 16.0 Å². The highest BCUT2D eigenvalue weighted by atomic mass is 19.4. The van der Waals surface area contributed by atoms with Crippen LogP contribution in [0.1, 0.15) is 42.1 Å². The Morgan fingerprint density at radius 3 is 2.36 bits per heavy atom. The molecule has 4 N–H and O–H groups in total.